The predicted octanol–water partition coefficient (Wildman–Crippen LogP) is 6.28. The molecule has 0 bridgehead atoms. The third-order valence-electron chi connectivity index (χ3n) is 4.99. The zero-order valence-electron chi connectivity index (χ0n) is 18.5. The molecule has 3 aromatic rings. The number of ether oxygens (including phenoxy) is 1. The molecule has 8 heteroatoms. The van der Waals surface area contributed by atoms with Gasteiger partial charge in [0.25, 0.3) is 11.8 Å². The molecule has 6 nitrogen and oxygen atoms in total. The number of aryl methyl sites for hydroxylation is 1. The summed E-state index contributed by atoms with van der Waals surface area (Å²) >= 11 is 9.45. The Morgan fingerprint density at radius 1 is 1.06 bits per heavy atom. The highest BCUT2D eigenvalue weighted by atomic mass is 79.9. The summed E-state index contributed by atoms with van der Waals surface area (Å²) in [6.07, 6.45) is 1.49. The summed E-state index contributed by atoms with van der Waals surface area (Å²) in [6, 6.07) is 19.5. The van der Waals surface area contributed by atoms with Gasteiger partial charge >= 0.3 is 0 Å². The lowest BCUT2D eigenvalue weighted by Crippen LogP contribution is -2.20. The molecule has 0 unspecified atom stereocenters. The quantitative estimate of drug-likeness (QED) is 0.273. The van der Waals surface area contributed by atoms with Crippen LogP contribution in [0, 0.1) is 25.2 Å². The summed E-state index contributed by atoms with van der Waals surface area (Å²) in [4.78, 5) is 24.8. The van der Waals surface area contributed by atoms with Crippen molar-refractivity contribution in [2.24, 2.45) is 0 Å². The Kier molecular flexibility index (Phi) is 8.47. The smallest absolute Gasteiger partial charge is 0.266 e. The van der Waals surface area contributed by atoms with Gasteiger partial charge in [-0.2, -0.15) is 5.26 Å². The van der Waals surface area contributed by atoms with Crippen LogP contribution in [0.3, 0.4) is 0 Å². The molecule has 2 amide bonds. The second kappa shape index (κ2) is 11.5. The fraction of sp³-hybridized carbons (Fsp3) is 0.115. The van der Waals surface area contributed by atoms with Gasteiger partial charge in [-0.1, -0.05) is 41.9 Å². The third kappa shape index (κ3) is 6.47. The van der Waals surface area contributed by atoms with Gasteiger partial charge in [0.1, 0.15) is 17.4 Å². The number of benzene rings is 3. The lowest BCUT2D eigenvalue weighted by molar-refractivity contribution is -0.118. The summed E-state index contributed by atoms with van der Waals surface area (Å²) in [5, 5.41) is 15.4. The van der Waals surface area contributed by atoms with Gasteiger partial charge in [-0.25, -0.2) is 0 Å². The number of rotatable bonds is 7. The number of carbonyl (C=O) groups is 2. The first-order valence-corrected chi connectivity index (χ1v) is 11.4. The number of anilines is 2. The number of halogens is 2. The normalized spacial score (nSPS) is 10.9. The zero-order valence-corrected chi connectivity index (χ0v) is 20.8. The van der Waals surface area contributed by atoms with E-state index in [4.69, 9.17) is 16.3 Å². The number of hydrogen-bond acceptors (Lipinski definition) is 4. The van der Waals surface area contributed by atoms with E-state index in [1.54, 1.807) is 48.5 Å². The number of amides is 2. The number of nitrogens with zero attached hydrogens (tertiary/aromatic N) is 1. The van der Waals surface area contributed by atoms with Gasteiger partial charge in [0.05, 0.1) is 15.2 Å². The van der Waals surface area contributed by atoms with Crippen molar-refractivity contribution in [2.75, 3.05) is 17.2 Å². The van der Waals surface area contributed by atoms with Crippen LogP contribution in [0.4, 0.5) is 11.4 Å². The van der Waals surface area contributed by atoms with Gasteiger partial charge in [-0.15, -0.1) is 0 Å². The van der Waals surface area contributed by atoms with Crippen molar-refractivity contribution in [1.29, 1.82) is 5.26 Å². The van der Waals surface area contributed by atoms with Crippen molar-refractivity contribution in [3.05, 3.63) is 92.4 Å². The summed E-state index contributed by atoms with van der Waals surface area (Å²) in [7, 11) is 0. The molecule has 0 spiro atoms. The van der Waals surface area contributed by atoms with E-state index in [1.807, 2.05) is 32.0 Å². The molecule has 0 atom stereocenters. The van der Waals surface area contributed by atoms with Crippen LogP contribution in [-0.2, 0) is 9.59 Å². The number of nitrogens with one attached hydrogen (secondary N) is 2. The molecule has 3 rings (SSSR count). The maximum atomic E-state index is 12.6. The summed E-state index contributed by atoms with van der Waals surface area (Å²) in [5.41, 5.74) is 3.72. The molecule has 0 radical (unpaired) electrons. The summed E-state index contributed by atoms with van der Waals surface area (Å²) in [6.45, 7) is 3.64. The van der Waals surface area contributed by atoms with Crippen LogP contribution in [0.15, 0.2) is 70.7 Å². The molecule has 0 saturated carbocycles. The van der Waals surface area contributed by atoms with Crippen molar-refractivity contribution in [3.63, 3.8) is 0 Å². The van der Waals surface area contributed by atoms with E-state index in [1.165, 1.54) is 6.08 Å². The molecule has 0 fully saturated rings. The van der Waals surface area contributed by atoms with Crippen LogP contribution in [0.1, 0.15) is 16.7 Å². The Morgan fingerprint density at radius 2 is 1.79 bits per heavy atom. The molecular formula is C26H21BrClN3O3. The fourth-order valence-electron chi connectivity index (χ4n) is 3.01. The summed E-state index contributed by atoms with van der Waals surface area (Å²) in [5.74, 6) is -0.424. The van der Waals surface area contributed by atoms with E-state index in [2.05, 4.69) is 26.6 Å². The van der Waals surface area contributed by atoms with Crippen molar-refractivity contribution in [2.45, 2.75) is 13.8 Å². The van der Waals surface area contributed by atoms with Crippen LogP contribution in [0.5, 0.6) is 5.75 Å². The van der Waals surface area contributed by atoms with Gasteiger partial charge in [0.2, 0.25) is 0 Å². The Labute approximate surface area is 211 Å². The summed E-state index contributed by atoms with van der Waals surface area (Å²) < 4.78 is 6.15. The minimum absolute atomic E-state index is 0.0411. The highest BCUT2D eigenvalue weighted by Crippen LogP contribution is 2.27. The maximum absolute atomic E-state index is 12.6. The maximum Gasteiger partial charge on any atom is 0.266 e. The lowest BCUT2D eigenvalue weighted by Gasteiger charge is -2.11. The fourth-order valence-corrected chi connectivity index (χ4v) is 3.70. The SMILES string of the molecule is Cc1cccc(NC(=O)/C(C#N)=C\c2ccc(OCC(=O)Nc3ccccc3Cl)c(Br)c2)c1C. The highest BCUT2D eigenvalue weighted by molar-refractivity contribution is 9.10. The van der Waals surface area contributed by atoms with Crippen molar-refractivity contribution >= 4 is 56.8 Å². The molecule has 172 valence electrons. The molecular weight excluding hydrogens is 518 g/mol. The van der Waals surface area contributed by atoms with Gasteiger partial charge in [0, 0.05) is 5.69 Å². The Hall–Kier alpha value is -3.60. The van der Waals surface area contributed by atoms with Crippen LogP contribution in [0.25, 0.3) is 6.08 Å². The molecule has 0 aliphatic carbocycles. The molecule has 0 aliphatic heterocycles. The van der Waals surface area contributed by atoms with Crippen LogP contribution >= 0.6 is 27.5 Å². The molecule has 2 N–H and O–H groups in total. The largest absolute Gasteiger partial charge is 0.483 e. The molecule has 0 aliphatic rings. The van der Waals surface area contributed by atoms with Crippen molar-refractivity contribution in [3.8, 4) is 11.8 Å². The first kappa shape index (κ1) is 25.0. The second-order valence-corrected chi connectivity index (χ2v) is 8.64. The Bertz CT molecular complexity index is 1310. The van der Waals surface area contributed by atoms with E-state index in [-0.39, 0.29) is 18.1 Å². The van der Waals surface area contributed by atoms with Gasteiger partial charge < -0.3 is 15.4 Å². The van der Waals surface area contributed by atoms with Gasteiger partial charge in [0.15, 0.2) is 6.61 Å². The molecule has 34 heavy (non-hydrogen) atoms. The molecule has 0 heterocycles. The minimum Gasteiger partial charge on any atom is -0.483 e. The van der Waals surface area contributed by atoms with E-state index in [0.717, 1.165) is 11.1 Å². The van der Waals surface area contributed by atoms with Crippen molar-refractivity contribution < 1.29 is 14.3 Å². The minimum atomic E-state index is -0.496. The highest BCUT2D eigenvalue weighted by Gasteiger charge is 2.13. The molecule has 3 aromatic carbocycles. The Morgan fingerprint density at radius 3 is 2.50 bits per heavy atom. The van der Waals surface area contributed by atoms with E-state index in [9.17, 15) is 14.9 Å². The van der Waals surface area contributed by atoms with E-state index < -0.39 is 5.91 Å². The van der Waals surface area contributed by atoms with Gasteiger partial charge in [-0.05, 0) is 82.9 Å². The third-order valence-corrected chi connectivity index (χ3v) is 5.94. The number of carbonyl (C=O) groups excluding carboxylic acids is 2. The van der Waals surface area contributed by atoms with Crippen LogP contribution in [0.2, 0.25) is 5.02 Å². The topological polar surface area (TPSA) is 91.2 Å². The monoisotopic (exact) mass is 537 g/mol. The molecule has 0 aromatic heterocycles. The zero-order chi connectivity index (χ0) is 24.7. The van der Waals surface area contributed by atoms with Crippen LogP contribution < -0.4 is 15.4 Å². The predicted molar refractivity (Wildman–Crippen MR) is 138 cm³/mol. The lowest BCUT2D eigenvalue weighted by atomic mass is 10.1. The molecule has 0 saturated heterocycles. The average molecular weight is 539 g/mol. The van der Waals surface area contributed by atoms with Gasteiger partial charge in [-0.3, -0.25) is 9.59 Å². The van der Waals surface area contributed by atoms with E-state index >= 15 is 0 Å². The van der Waals surface area contributed by atoms with Crippen molar-refractivity contribution in [1.82, 2.24) is 0 Å². The number of para-hydroxylation sites is 1. The standard InChI is InChI=1S/C26H21BrClN3O3/c1-16-6-5-9-22(17(16)2)31-26(33)19(14-29)12-18-10-11-24(20(27)13-18)34-15-25(32)30-23-8-4-3-7-21(23)28/h3-13H,15H2,1-2H3,(H,30,32)(H,31,33)/b19-12-. The Balaban J connectivity index is 1.66. The number of hydrogen-bond donors (Lipinski definition) is 2. The van der Waals surface area contributed by atoms with Crippen LogP contribution in [-0.4, -0.2) is 18.4 Å². The average Bonchev–Trinajstić information content (AvgIpc) is 2.81. The first-order valence-electron chi connectivity index (χ1n) is 10.2. The van der Waals surface area contributed by atoms with E-state index in [0.29, 0.717) is 32.2 Å². The number of nitriles is 1. The second-order valence-electron chi connectivity index (χ2n) is 7.38. The first-order chi connectivity index (χ1) is 16.3.